The smallest absolute Gasteiger partial charge is 0.221 e. The van der Waals surface area contributed by atoms with Gasteiger partial charge in [-0.2, -0.15) is 0 Å². The van der Waals surface area contributed by atoms with Crippen LogP contribution in [0.25, 0.3) is 0 Å². The van der Waals surface area contributed by atoms with Crippen molar-refractivity contribution in [3.05, 3.63) is 24.3 Å². The zero-order valence-electron chi connectivity index (χ0n) is 7.78. The molecule has 14 heavy (non-hydrogen) atoms. The molecule has 2 rings (SSSR count). The molecule has 0 spiro atoms. The summed E-state index contributed by atoms with van der Waals surface area (Å²) in [5.74, 6) is 5.24. The first-order valence-electron chi connectivity index (χ1n) is 4.33. The summed E-state index contributed by atoms with van der Waals surface area (Å²) in [6, 6.07) is 0. The lowest BCUT2D eigenvalue weighted by atomic mass is 9.91. The fraction of sp³-hybridized carbons (Fsp3) is 0.364. The lowest BCUT2D eigenvalue weighted by Gasteiger charge is -2.08. The molecule has 3 heteroatoms. The van der Waals surface area contributed by atoms with Crippen molar-refractivity contribution in [1.29, 1.82) is 0 Å². The number of rotatable bonds is 0. The maximum absolute atomic E-state index is 11.5. The van der Waals surface area contributed by atoms with Crippen molar-refractivity contribution < 1.29 is 14.6 Å². The Morgan fingerprint density at radius 2 is 2.50 bits per heavy atom. The molecular formula is C11H10O3. The van der Waals surface area contributed by atoms with Crippen molar-refractivity contribution >= 4 is 5.78 Å². The summed E-state index contributed by atoms with van der Waals surface area (Å²) in [6.45, 7) is 5.36. The molecule has 0 saturated carbocycles. The lowest BCUT2D eigenvalue weighted by molar-refractivity contribution is -0.117. The highest BCUT2D eigenvalue weighted by molar-refractivity contribution is 6.04. The van der Waals surface area contributed by atoms with Gasteiger partial charge in [-0.3, -0.25) is 4.79 Å². The molecule has 3 nitrogen and oxygen atoms in total. The molecule has 1 N–H and O–H groups in total. The van der Waals surface area contributed by atoms with Crippen molar-refractivity contribution in [2.75, 3.05) is 0 Å². The van der Waals surface area contributed by atoms with Gasteiger partial charge in [-0.05, 0) is 24.6 Å². The number of hydrogen-bond donors (Lipinski definition) is 1. The minimum atomic E-state index is -1.09. The Morgan fingerprint density at radius 3 is 3.14 bits per heavy atom. The van der Waals surface area contributed by atoms with Crippen LogP contribution in [0.3, 0.4) is 0 Å². The number of ketones is 1. The summed E-state index contributed by atoms with van der Waals surface area (Å²) in [5, 5.41) is 9.41. The van der Waals surface area contributed by atoms with Gasteiger partial charge in [0.15, 0.2) is 0 Å². The molecule has 0 radical (unpaired) electrons. The molecule has 1 aliphatic carbocycles. The molecule has 0 bridgehead atoms. The van der Waals surface area contributed by atoms with Gasteiger partial charge in [0.05, 0.1) is 0 Å². The summed E-state index contributed by atoms with van der Waals surface area (Å²) >= 11 is 0. The van der Waals surface area contributed by atoms with Gasteiger partial charge in [-0.1, -0.05) is 18.4 Å². The number of carbonyl (C=O) groups excluding carboxylic acids is 1. The average Bonchev–Trinajstić information content (AvgIpc) is 2.86. The molecule has 72 valence electrons. The molecule has 1 saturated heterocycles. The van der Waals surface area contributed by atoms with E-state index in [9.17, 15) is 9.90 Å². The maximum Gasteiger partial charge on any atom is 0.221 e. The van der Waals surface area contributed by atoms with Crippen LogP contribution < -0.4 is 0 Å². The number of carbonyl (C=O) groups is 1. The number of ether oxygens (including phenoxy) is 1. The topological polar surface area (TPSA) is 49.8 Å². The first kappa shape index (κ1) is 9.20. The van der Waals surface area contributed by atoms with Crippen molar-refractivity contribution in [2.24, 2.45) is 0 Å². The van der Waals surface area contributed by atoms with Crippen LogP contribution in [-0.4, -0.2) is 28.7 Å². The van der Waals surface area contributed by atoms with Crippen LogP contribution in [0.15, 0.2) is 24.3 Å². The van der Waals surface area contributed by atoms with Gasteiger partial charge >= 0.3 is 0 Å². The van der Waals surface area contributed by atoms with Gasteiger partial charge in [0.2, 0.25) is 11.4 Å². The van der Waals surface area contributed by atoms with Crippen molar-refractivity contribution in [2.45, 2.75) is 24.7 Å². The maximum atomic E-state index is 11.5. The second-order valence-electron chi connectivity index (χ2n) is 3.52. The quantitative estimate of drug-likeness (QED) is 0.438. The van der Waals surface area contributed by atoms with E-state index < -0.39 is 17.8 Å². The van der Waals surface area contributed by atoms with Crippen LogP contribution in [0.5, 0.6) is 0 Å². The summed E-state index contributed by atoms with van der Waals surface area (Å²) in [7, 11) is 0. The molecule has 1 heterocycles. The second kappa shape index (κ2) is 2.81. The Hall–Kier alpha value is -1.37. The van der Waals surface area contributed by atoms with Crippen LogP contribution in [0.2, 0.25) is 0 Å². The highest BCUT2D eigenvalue weighted by Crippen LogP contribution is 2.42. The molecule has 0 amide bonds. The van der Waals surface area contributed by atoms with E-state index in [1.807, 2.05) is 0 Å². The normalized spacial score (nSPS) is 38.3. The molecule has 0 unspecified atom stereocenters. The highest BCUT2D eigenvalue weighted by Gasteiger charge is 2.65. The molecule has 0 aromatic heterocycles. The summed E-state index contributed by atoms with van der Waals surface area (Å²) in [6.07, 6.45) is 1.53. The third-order valence-electron chi connectivity index (χ3n) is 2.24. The zero-order valence-corrected chi connectivity index (χ0v) is 7.78. The van der Waals surface area contributed by atoms with Gasteiger partial charge in [-0.25, -0.2) is 0 Å². The van der Waals surface area contributed by atoms with E-state index in [0.29, 0.717) is 5.57 Å². The number of epoxide rings is 1. The molecule has 3 atom stereocenters. The van der Waals surface area contributed by atoms with Gasteiger partial charge in [0.1, 0.15) is 12.2 Å². The van der Waals surface area contributed by atoms with E-state index in [0.717, 1.165) is 0 Å². The first-order chi connectivity index (χ1) is 6.56. The fourth-order valence-corrected chi connectivity index (χ4v) is 1.45. The van der Waals surface area contributed by atoms with E-state index in [2.05, 4.69) is 18.4 Å². The minimum Gasteiger partial charge on any atom is -0.386 e. The predicted molar refractivity (Wildman–Crippen MR) is 50.3 cm³/mol. The third kappa shape index (κ3) is 1.20. The van der Waals surface area contributed by atoms with Gasteiger partial charge < -0.3 is 9.84 Å². The summed E-state index contributed by atoms with van der Waals surface area (Å²) < 4.78 is 5.16. The Kier molecular flexibility index (Phi) is 1.84. The lowest BCUT2D eigenvalue weighted by Crippen LogP contribution is -2.33. The molecule has 0 aromatic rings. The van der Waals surface area contributed by atoms with Gasteiger partial charge in [0.25, 0.3) is 0 Å². The van der Waals surface area contributed by atoms with Gasteiger partial charge in [0, 0.05) is 0 Å². The average molecular weight is 190 g/mol. The molecule has 1 aliphatic heterocycles. The number of allylic oxidation sites excluding steroid dienone is 1. The molecule has 1 fully saturated rings. The second-order valence-corrected chi connectivity index (χ2v) is 3.52. The first-order valence-corrected chi connectivity index (χ1v) is 4.33. The van der Waals surface area contributed by atoms with Crippen molar-refractivity contribution in [3.8, 4) is 11.8 Å². The predicted octanol–water partition coefficient (Wildman–Crippen LogP) is 0.203. The third-order valence-corrected chi connectivity index (χ3v) is 2.24. The molecule has 2 aliphatic rings. The highest BCUT2D eigenvalue weighted by atomic mass is 16.6. The van der Waals surface area contributed by atoms with Crippen LogP contribution in [0, 0.1) is 11.8 Å². The number of aliphatic hydroxyl groups is 1. The number of fused-ring (bicyclic) bond motifs is 1. The van der Waals surface area contributed by atoms with E-state index in [1.165, 1.54) is 12.2 Å². The van der Waals surface area contributed by atoms with E-state index in [-0.39, 0.29) is 5.78 Å². The SMILES string of the molecule is C=C(C)C#C[C@]12O[C@H]1[C@H](O)C=CC2=O. The monoisotopic (exact) mass is 190 g/mol. The van der Waals surface area contributed by atoms with E-state index in [1.54, 1.807) is 6.92 Å². The fourth-order valence-electron chi connectivity index (χ4n) is 1.45. The number of hydrogen-bond acceptors (Lipinski definition) is 3. The zero-order chi connectivity index (χ0) is 10.3. The van der Waals surface area contributed by atoms with Crippen LogP contribution in [0.4, 0.5) is 0 Å². The van der Waals surface area contributed by atoms with Crippen molar-refractivity contribution in [3.63, 3.8) is 0 Å². The minimum absolute atomic E-state index is 0.193. The Bertz CT molecular complexity index is 396. The Balaban J connectivity index is 2.29. The molecule has 0 aromatic carbocycles. The van der Waals surface area contributed by atoms with Gasteiger partial charge in [-0.15, -0.1) is 0 Å². The largest absolute Gasteiger partial charge is 0.386 e. The van der Waals surface area contributed by atoms with E-state index in [4.69, 9.17) is 4.74 Å². The number of aliphatic hydroxyl groups excluding tert-OH is 1. The van der Waals surface area contributed by atoms with Crippen LogP contribution >= 0.6 is 0 Å². The van der Waals surface area contributed by atoms with Crippen LogP contribution in [0.1, 0.15) is 6.92 Å². The summed E-state index contributed by atoms with van der Waals surface area (Å²) in [5.41, 5.74) is -0.418. The van der Waals surface area contributed by atoms with Crippen molar-refractivity contribution in [1.82, 2.24) is 0 Å². The van der Waals surface area contributed by atoms with Crippen LogP contribution in [-0.2, 0) is 9.53 Å². The molecular weight excluding hydrogens is 180 g/mol. The summed E-state index contributed by atoms with van der Waals surface area (Å²) in [4.78, 5) is 11.5. The standard InChI is InChI=1S/C11H10O3/c1-7(2)5-6-11-9(13)4-3-8(12)10(11)14-11/h3-4,8,10,12H,1H2,2H3/t8-,10+,11-/m1/s1. The van der Waals surface area contributed by atoms with E-state index >= 15 is 0 Å². The Morgan fingerprint density at radius 1 is 1.79 bits per heavy atom. The Labute approximate surface area is 82.1 Å².